The summed E-state index contributed by atoms with van der Waals surface area (Å²) in [5.74, 6) is 0.309. The number of amides is 1. The van der Waals surface area contributed by atoms with E-state index in [1.165, 1.54) is 12.1 Å². The molecule has 4 bridgehead atoms. The Kier molecular flexibility index (Phi) is 5.26. The molecule has 1 fully saturated rings. The number of nitrogens with zero attached hydrogens (tertiary/aromatic N) is 5. The van der Waals surface area contributed by atoms with Crippen molar-refractivity contribution in [3.05, 3.63) is 36.0 Å². The average molecular weight is 440 g/mol. The van der Waals surface area contributed by atoms with Gasteiger partial charge < -0.3 is 24.3 Å². The minimum absolute atomic E-state index is 0.0161. The number of ether oxygens (including phenoxy) is 2. The Hall–Kier alpha value is -3.11. The quantitative estimate of drug-likeness (QED) is 0.613. The highest BCUT2D eigenvalue weighted by Gasteiger charge is 2.34. The largest absolute Gasteiger partial charge is 0.459 e. The molecule has 9 nitrogen and oxygen atoms in total. The van der Waals surface area contributed by atoms with Gasteiger partial charge in [0.15, 0.2) is 0 Å². The number of methoxy groups -OCH3 is 1. The molecule has 1 amide bonds. The first-order valence-corrected chi connectivity index (χ1v) is 10.6. The summed E-state index contributed by atoms with van der Waals surface area (Å²) in [5, 5.41) is 3.23. The van der Waals surface area contributed by atoms with Crippen molar-refractivity contribution in [2.75, 3.05) is 27.2 Å². The molecule has 0 saturated carbocycles. The Morgan fingerprint density at radius 3 is 2.94 bits per heavy atom. The van der Waals surface area contributed by atoms with E-state index in [4.69, 9.17) is 9.47 Å². The third kappa shape index (κ3) is 3.69. The van der Waals surface area contributed by atoms with Gasteiger partial charge >= 0.3 is 6.01 Å². The predicted octanol–water partition coefficient (Wildman–Crippen LogP) is 1.54. The van der Waals surface area contributed by atoms with Crippen LogP contribution in [0.4, 0.5) is 4.39 Å². The summed E-state index contributed by atoms with van der Waals surface area (Å²) >= 11 is 0. The Morgan fingerprint density at radius 1 is 1.28 bits per heavy atom. The maximum atomic E-state index is 14.5. The smallest absolute Gasteiger partial charge is 0.317 e. The van der Waals surface area contributed by atoms with Crippen LogP contribution in [-0.2, 0) is 16.1 Å². The minimum atomic E-state index is -0.396. The zero-order chi connectivity index (χ0) is 22.4. The van der Waals surface area contributed by atoms with E-state index in [1.807, 2.05) is 11.5 Å². The van der Waals surface area contributed by atoms with Gasteiger partial charge in [-0.2, -0.15) is 4.98 Å². The lowest BCUT2D eigenvalue weighted by molar-refractivity contribution is -0.133. The third-order valence-corrected chi connectivity index (χ3v) is 6.14. The molecule has 1 aromatic carbocycles. The van der Waals surface area contributed by atoms with Crippen LogP contribution in [0.2, 0.25) is 0 Å². The van der Waals surface area contributed by atoms with Gasteiger partial charge in [0.2, 0.25) is 5.91 Å². The van der Waals surface area contributed by atoms with Crippen LogP contribution >= 0.6 is 0 Å². The summed E-state index contributed by atoms with van der Waals surface area (Å²) in [6.45, 7) is 3.24. The first kappa shape index (κ1) is 20.8. The molecule has 3 atom stereocenters. The molecule has 1 N–H and O–H groups in total. The van der Waals surface area contributed by atoms with E-state index < -0.39 is 5.82 Å². The van der Waals surface area contributed by atoms with Crippen LogP contribution in [0.3, 0.4) is 0 Å². The monoisotopic (exact) mass is 440 g/mol. The minimum Gasteiger partial charge on any atom is -0.459 e. The Labute approximate surface area is 184 Å². The molecule has 4 heterocycles. The number of hydrogen-bond acceptors (Lipinski definition) is 7. The highest BCUT2D eigenvalue weighted by Crippen LogP contribution is 2.31. The van der Waals surface area contributed by atoms with Crippen LogP contribution in [0, 0.1) is 12.7 Å². The molecule has 2 aliphatic heterocycles. The maximum absolute atomic E-state index is 14.5. The van der Waals surface area contributed by atoms with Crippen LogP contribution in [-0.4, -0.2) is 75.8 Å². The van der Waals surface area contributed by atoms with Crippen LogP contribution in [0.1, 0.15) is 12.2 Å². The van der Waals surface area contributed by atoms with Crippen LogP contribution in [0.15, 0.2) is 24.4 Å². The van der Waals surface area contributed by atoms with Gasteiger partial charge in [0.25, 0.3) is 0 Å². The molecule has 5 rings (SSSR count). The molecule has 10 heteroatoms. The highest BCUT2D eigenvalue weighted by atomic mass is 19.1. The van der Waals surface area contributed by atoms with Crippen molar-refractivity contribution >= 4 is 16.9 Å². The van der Waals surface area contributed by atoms with Gasteiger partial charge in [-0.05, 0) is 19.1 Å². The number of imidazole rings is 1. The van der Waals surface area contributed by atoms with Crippen molar-refractivity contribution in [1.82, 2.24) is 29.7 Å². The van der Waals surface area contributed by atoms with Gasteiger partial charge in [-0.3, -0.25) is 4.79 Å². The summed E-state index contributed by atoms with van der Waals surface area (Å²) in [4.78, 5) is 28.0. The van der Waals surface area contributed by atoms with Crippen molar-refractivity contribution in [3.8, 4) is 17.3 Å². The lowest BCUT2D eigenvalue weighted by Gasteiger charge is -2.26. The topological polar surface area (TPSA) is 94.4 Å². The normalized spacial score (nSPS) is 23.7. The van der Waals surface area contributed by atoms with Crippen molar-refractivity contribution in [2.24, 2.45) is 0 Å². The predicted molar refractivity (Wildman–Crippen MR) is 115 cm³/mol. The Balaban J connectivity index is 1.68. The second kappa shape index (κ2) is 8.10. The summed E-state index contributed by atoms with van der Waals surface area (Å²) in [6, 6.07) is 4.45. The van der Waals surface area contributed by atoms with Crippen LogP contribution in [0.25, 0.3) is 22.3 Å². The number of benzene rings is 1. The molecular formula is C22H25FN6O3. The lowest BCUT2D eigenvalue weighted by atomic mass is 10.1. The van der Waals surface area contributed by atoms with Crippen molar-refractivity contribution in [2.45, 2.75) is 38.1 Å². The highest BCUT2D eigenvalue weighted by molar-refractivity contribution is 5.92. The second-order valence-corrected chi connectivity index (χ2v) is 8.33. The van der Waals surface area contributed by atoms with Gasteiger partial charge in [0, 0.05) is 51.5 Å². The molecule has 1 saturated heterocycles. The molecule has 0 spiro atoms. The SMILES string of the molecule is CO[C@H]1CN(C)C(=O)[C@@H]2C[C@@H](CN2)Oc2nccc(n2)-c2cc(F)cc3nc(C)n(c23)C1. The summed E-state index contributed by atoms with van der Waals surface area (Å²) in [6.07, 6.45) is 1.59. The molecule has 3 aromatic rings. The fourth-order valence-electron chi connectivity index (χ4n) is 4.52. The van der Waals surface area contributed by atoms with Gasteiger partial charge in [0.1, 0.15) is 17.7 Å². The van der Waals surface area contributed by atoms with E-state index in [0.717, 1.165) is 11.3 Å². The second-order valence-electron chi connectivity index (χ2n) is 8.33. The number of aromatic nitrogens is 4. The van der Waals surface area contributed by atoms with Crippen LogP contribution < -0.4 is 10.1 Å². The van der Waals surface area contributed by atoms with Gasteiger partial charge in [0.05, 0.1) is 35.4 Å². The molecule has 32 heavy (non-hydrogen) atoms. The first-order chi connectivity index (χ1) is 15.4. The van der Waals surface area contributed by atoms with Crippen molar-refractivity contribution in [3.63, 3.8) is 0 Å². The molecule has 0 aliphatic carbocycles. The molecule has 2 aliphatic rings. The molecule has 0 radical (unpaired) electrons. The van der Waals surface area contributed by atoms with Gasteiger partial charge in [-0.1, -0.05) is 0 Å². The van der Waals surface area contributed by atoms with E-state index in [0.29, 0.717) is 42.8 Å². The van der Waals surface area contributed by atoms with E-state index in [2.05, 4.69) is 20.3 Å². The van der Waals surface area contributed by atoms with Crippen molar-refractivity contribution < 1.29 is 18.7 Å². The molecule has 168 valence electrons. The van der Waals surface area contributed by atoms with Crippen molar-refractivity contribution in [1.29, 1.82) is 0 Å². The maximum Gasteiger partial charge on any atom is 0.317 e. The lowest BCUT2D eigenvalue weighted by Crippen LogP contribution is -2.45. The number of fused-ring (bicyclic) bond motifs is 5. The van der Waals surface area contributed by atoms with E-state index in [-0.39, 0.29) is 30.2 Å². The number of nitrogens with one attached hydrogen (secondary N) is 1. The fraction of sp³-hybridized carbons (Fsp3) is 0.455. The summed E-state index contributed by atoms with van der Waals surface area (Å²) in [5.41, 5.74) is 2.43. The zero-order valence-corrected chi connectivity index (χ0v) is 18.2. The summed E-state index contributed by atoms with van der Waals surface area (Å²) in [7, 11) is 3.40. The number of carbonyl (C=O) groups is 1. The third-order valence-electron chi connectivity index (χ3n) is 6.14. The fourth-order valence-corrected chi connectivity index (χ4v) is 4.52. The number of halogens is 1. The molecule has 2 aromatic heterocycles. The van der Waals surface area contributed by atoms with Crippen LogP contribution in [0.5, 0.6) is 6.01 Å². The number of likely N-dealkylation sites (N-methyl/N-ethyl adjacent to an activating group) is 1. The Morgan fingerprint density at radius 2 is 2.12 bits per heavy atom. The average Bonchev–Trinajstić information content (AvgIpc) is 3.35. The van der Waals surface area contributed by atoms with Gasteiger partial charge in [-0.25, -0.2) is 14.4 Å². The Bertz CT molecular complexity index is 1180. The zero-order valence-electron chi connectivity index (χ0n) is 18.2. The van der Waals surface area contributed by atoms with E-state index >= 15 is 0 Å². The number of hydrogen-bond donors (Lipinski definition) is 1. The van der Waals surface area contributed by atoms with E-state index in [9.17, 15) is 9.18 Å². The standard InChI is InChI=1S/C22H25FN6O3/c1-12-26-18-7-13(23)6-16-17-4-5-24-22(27-17)32-14-8-19(25-9-14)21(30)28(2)10-15(31-3)11-29(12)20(16)18/h4-7,14-15,19,25H,8-11H2,1-3H3/t14-,15-,19-/m0/s1. The number of rotatable bonds is 1. The summed E-state index contributed by atoms with van der Waals surface area (Å²) < 4.78 is 28.2. The molecule has 0 unspecified atom stereocenters. The first-order valence-electron chi connectivity index (χ1n) is 10.6. The number of carbonyl (C=O) groups excluding carboxylic acids is 1. The van der Waals surface area contributed by atoms with E-state index in [1.54, 1.807) is 31.3 Å². The molecular weight excluding hydrogens is 415 g/mol. The number of aryl methyl sites for hydroxylation is 1. The van der Waals surface area contributed by atoms with Gasteiger partial charge in [-0.15, -0.1) is 0 Å².